The van der Waals surface area contributed by atoms with Crippen molar-refractivity contribution in [2.75, 3.05) is 40.0 Å². The molecule has 2 aliphatic heterocycles. The molecule has 2 saturated heterocycles. The summed E-state index contributed by atoms with van der Waals surface area (Å²) in [4.78, 5) is 6.86. The summed E-state index contributed by atoms with van der Waals surface area (Å²) in [6, 6.07) is 8.25. The van der Waals surface area contributed by atoms with Gasteiger partial charge in [-0.3, -0.25) is 4.99 Å². The van der Waals surface area contributed by atoms with Gasteiger partial charge in [-0.2, -0.15) is 0 Å². The van der Waals surface area contributed by atoms with E-state index in [-0.39, 0.29) is 0 Å². The molecule has 0 saturated carbocycles. The zero-order valence-electron chi connectivity index (χ0n) is 15.8. The third kappa shape index (κ3) is 4.46. The topological polar surface area (TPSA) is 46.1 Å². The molecule has 2 heterocycles. The summed E-state index contributed by atoms with van der Waals surface area (Å²) in [5, 5.41) is 3.52. The lowest BCUT2D eigenvalue weighted by molar-refractivity contribution is 0.156. The predicted octanol–water partition coefficient (Wildman–Crippen LogP) is 2.91. The van der Waals surface area contributed by atoms with Crippen molar-refractivity contribution < 1.29 is 9.47 Å². The summed E-state index contributed by atoms with van der Waals surface area (Å²) >= 11 is 0. The number of ether oxygens (including phenoxy) is 2. The van der Waals surface area contributed by atoms with Gasteiger partial charge in [-0.15, -0.1) is 0 Å². The number of hydrogen-bond donors (Lipinski definition) is 1. The van der Waals surface area contributed by atoms with Crippen LogP contribution in [-0.4, -0.2) is 50.8 Å². The molecule has 1 N–H and O–H groups in total. The van der Waals surface area contributed by atoms with Gasteiger partial charge in [-0.05, 0) is 24.8 Å². The predicted molar refractivity (Wildman–Crippen MR) is 101 cm³/mol. The highest BCUT2D eigenvalue weighted by molar-refractivity contribution is 5.80. The molecule has 2 fully saturated rings. The maximum Gasteiger partial charge on any atom is 0.193 e. The minimum Gasteiger partial charge on any atom is -0.493 e. The monoisotopic (exact) mass is 345 g/mol. The molecule has 0 bridgehead atoms. The largest absolute Gasteiger partial charge is 0.493 e. The number of guanidine groups is 1. The van der Waals surface area contributed by atoms with Crippen LogP contribution in [0.3, 0.4) is 0 Å². The molecule has 5 nitrogen and oxygen atoms in total. The first-order chi connectivity index (χ1) is 12.1. The Labute approximate surface area is 151 Å². The number of likely N-dealkylation sites (tertiary alicyclic amines) is 1. The number of nitrogens with zero attached hydrogens (tertiary/aromatic N) is 2. The van der Waals surface area contributed by atoms with Crippen LogP contribution in [0.2, 0.25) is 0 Å². The lowest BCUT2D eigenvalue weighted by atomic mass is 9.87. The number of hydrogen-bond acceptors (Lipinski definition) is 3. The molecule has 138 valence electrons. The van der Waals surface area contributed by atoms with Gasteiger partial charge in [0.05, 0.1) is 13.2 Å². The normalized spacial score (nSPS) is 23.7. The SMILES string of the molecule is CN=C(NCc1ccccc1OCC(C)C)N1CCC2(CCOC2)C1. The zero-order chi connectivity index (χ0) is 17.7. The molecule has 25 heavy (non-hydrogen) atoms. The Kier molecular flexibility index (Phi) is 5.84. The van der Waals surface area contributed by atoms with E-state index < -0.39 is 0 Å². The smallest absolute Gasteiger partial charge is 0.193 e. The van der Waals surface area contributed by atoms with Crippen molar-refractivity contribution in [3.63, 3.8) is 0 Å². The van der Waals surface area contributed by atoms with Gasteiger partial charge < -0.3 is 19.7 Å². The van der Waals surface area contributed by atoms with E-state index >= 15 is 0 Å². The second-order valence-electron chi connectivity index (χ2n) is 7.69. The van der Waals surface area contributed by atoms with Crippen LogP contribution < -0.4 is 10.1 Å². The van der Waals surface area contributed by atoms with Crippen LogP contribution in [0.25, 0.3) is 0 Å². The lowest BCUT2D eigenvalue weighted by Gasteiger charge is -2.25. The van der Waals surface area contributed by atoms with Crippen LogP contribution in [0.5, 0.6) is 5.75 Å². The number of para-hydroxylation sites is 1. The molecule has 1 spiro atoms. The molecule has 1 aromatic rings. The molecule has 2 aliphatic rings. The van der Waals surface area contributed by atoms with E-state index in [0.29, 0.717) is 11.3 Å². The average molecular weight is 345 g/mol. The third-order valence-corrected chi connectivity index (χ3v) is 5.12. The molecular formula is C20H31N3O2. The Balaban J connectivity index is 1.59. The molecule has 1 atom stereocenters. The Morgan fingerprint density at radius 2 is 2.20 bits per heavy atom. The van der Waals surface area contributed by atoms with Gasteiger partial charge >= 0.3 is 0 Å². The van der Waals surface area contributed by atoms with Crippen LogP contribution in [-0.2, 0) is 11.3 Å². The first kappa shape index (κ1) is 18.1. The van der Waals surface area contributed by atoms with Gasteiger partial charge in [-0.1, -0.05) is 32.0 Å². The average Bonchev–Trinajstić information content (AvgIpc) is 3.25. The summed E-state index contributed by atoms with van der Waals surface area (Å²) in [5.41, 5.74) is 1.51. The van der Waals surface area contributed by atoms with E-state index in [9.17, 15) is 0 Å². The van der Waals surface area contributed by atoms with Crippen LogP contribution in [0.1, 0.15) is 32.3 Å². The molecule has 3 rings (SSSR count). The fourth-order valence-electron chi connectivity index (χ4n) is 3.64. The second kappa shape index (κ2) is 8.09. The Morgan fingerprint density at radius 3 is 2.92 bits per heavy atom. The number of rotatable bonds is 5. The highest BCUT2D eigenvalue weighted by Crippen LogP contribution is 2.38. The second-order valence-corrected chi connectivity index (χ2v) is 7.69. The Hall–Kier alpha value is -1.75. The molecule has 0 amide bonds. The summed E-state index contributed by atoms with van der Waals surface area (Å²) in [6.45, 7) is 9.68. The molecule has 0 radical (unpaired) electrons. The highest BCUT2D eigenvalue weighted by Gasteiger charge is 2.42. The molecule has 1 aromatic carbocycles. The molecular weight excluding hydrogens is 314 g/mol. The van der Waals surface area contributed by atoms with Crippen LogP contribution >= 0.6 is 0 Å². The van der Waals surface area contributed by atoms with Gasteiger partial charge in [0.15, 0.2) is 5.96 Å². The van der Waals surface area contributed by atoms with E-state index in [2.05, 4.69) is 41.2 Å². The minimum atomic E-state index is 0.343. The van der Waals surface area contributed by atoms with Crippen LogP contribution in [0, 0.1) is 11.3 Å². The minimum absolute atomic E-state index is 0.343. The molecule has 1 unspecified atom stereocenters. The van der Waals surface area contributed by atoms with Crippen LogP contribution in [0.4, 0.5) is 0 Å². The van der Waals surface area contributed by atoms with E-state index in [1.807, 2.05) is 19.2 Å². The molecule has 0 aliphatic carbocycles. The summed E-state index contributed by atoms with van der Waals surface area (Å²) < 4.78 is 11.6. The van der Waals surface area contributed by atoms with E-state index in [0.717, 1.165) is 51.2 Å². The van der Waals surface area contributed by atoms with Crippen molar-refractivity contribution in [1.29, 1.82) is 0 Å². The Morgan fingerprint density at radius 1 is 1.36 bits per heavy atom. The van der Waals surface area contributed by atoms with Crippen molar-refractivity contribution in [3.8, 4) is 5.75 Å². The van der Waals surface area contributed by atoms with E-state index in [4.69, 9.17) is 9.47 Å². The third-order valence-electron chi connectivity index (χ3n) is 5.12. The van der Waals surface area contributed by atoms with Gasteiger partial charge in [0.1, 0.15) is 5.75 Å². The van der Waals surface area contributed by atoms with Crippen molar-refractivity contribution in [3.05, 3.63) is 29.8 Å². The number of aliphatic imine (C=N–C) groups is 1. The first-order valence-corrected chi connectivity index (χ1v) is 9.36. The summed E-state index contributed by atoms with van der Waals surface area (Å²) in [5.74, 6) is 2.45. The van der Waals surface area contributed by atoms with E-state index in [1.54, 1.807) is 0 Å². The maximum atomic E-state index is 5.96. The number of nitrogens with one attached hydrogen (secondary N) is 1. The van der Waals surface area contributed by atoms with Gasteiger partial charge in [0.2, 0.25) is 0 Å². The maximum absolute atomic E-state index is 5.96. The fraction of sp³-hybridized carbons (Fsp3) is 0.650. The fourth-order valence-corrected chi connectivity index (χ4v) is 3.64. The van der Waals surface area contributed by atoms with Crippen LogP contribution in [0.15, 0.2) is 29.3 Å². The lowest BCUT2D eigenvalue weighted by Crippen LogP contribution is -2.41. The summed E-state index contributed by atoms with van der Waals surface area (Å²) in [7, 11) is 1.86. The quantitative estimate of drug-likeness (QED) is 0.658. The van der Waals surface area contributed by atoms with Crippen molar-refractivity contribution in [2.24, 2.45) is 16.3 Å². The van der Waals surface area contributed by atoms with Crippen molar-refractivity contribution in [1.82, 2.24) is 10.2 Å². The van der Waals surface area contributed by atoms with Crippen molar-refractivity contribution in [2.45, 2.75) is 33.2 Å². The zero-order valence-corrected chi connectivity index (χ0v) is 15.8. The summed E-state index contributed by atoms with van der Waals surface area (Å²) in [6.07, 6.45) is 2.37. The standard InChI is InChI=1S/C20H31N3O2/c1-16(2)13-25-18-7-5-4-6-17(18)12-22-19(21-3)23-10-8-20(14-23)9-11-24-15-20/h4-7,16H,8-15H2,1-3H3,(H,21,22). The van der Waals surface area contributed by atoms with E-state index in [1.165, 1.54) is 18.4 Å². The highest BCUT2D eigenvalue weighted by atomic mass is 16.5. The van der Waals surface area contributed by atoms with Gasteiger partial charge in [-0.25, -0.2) is 0 Å². The first-order valence-electron chi connectivity index (χ1n) is 9.36. The Bertz CT molecular complexity index is 594. The van der Waals surface area contributed by atoms with Gasteiger partial charge in [0, 0.05) is 44.3 Å². The molecule has 5 heteroatoms. The molecule has 0 aromatic heterocycles. The number of benzene rings is 1. The van der Waals surface area contributed by atoms with Crippen molar-refractivity contribution >= 4 is 5.96 Å². The van der Waals surface area contributed by atoms with Gasteiger partial charge in [0.25, 0.3) is 0 Å².